The maximum Gasteiger partial charge on any atom is 0.0717 e. The fourth-order valence-electron chi connectivity index (χ4n) is 3.98. The summed E-state index contributed by atoms with van der Waals surface area (Å²) in [6.07, 6.45) is 15.7. The number of ether oxygens (including phenoxy) is 1. The minimum absolute atomic E-state index is 0.621. The second kappa shape index (κ2) is 10.1. The van der Waals surface area contributed by atoms with Gasteiger partial charge in [-0.15, -0.1) is 12.3 Å². The summed E-state index contributed by atoms with van der Waals surface area (Å²) >= 11 is 0. The normalized spacial score (nSPS) is 19.9. The third-order valence-corrected chi connectivity index (χ3v) is 5.57. The summed E-state index contributed by atoms with van der Waals surface area (Å²) in [6, 6.07) is 17.8. The summed E-state index contributed by atoms with van der Waals surface area (Å²) in [4.78, 5) is 0. The van der Waals surface area contributed by atoms with Gasteiger partial charge in [0.25, 0.3) is 0 Å². The quantitative estimate of drug-likeness (QED) is 0.302. The van der Waals surface area contributed by atoms with E-state index in [-0.39, 0.29) is 0 Å². The molecule has 0 spiro atoms. The summed E-state index contributed by atoms with van der Waals surface area (Å²) in [5.74, 6) is 4.11. The topological polar surface area (TPSA) is 9.23 Å². The maximum atomic E-state index is 5.56. The fraction of sp³-hybridized carbons (Fsp3) is 0.385. The molecule has 1 aliphatic rings. The van der Waals surface area contributed by atoms with E-state index < -0.39 is 0 Å². The lowest BCUT2D eigenvalue weighted by Gasteiger charge is -2.27. The number of hydrogen-bond acceptors (Lipinski definition) is 1. The molecule has 2 aromatic rings. The van der Waals surface area contributed by atoms with Crippen LogP contribution < -0.4 is 0 Å². The van der Waals surface area contributed by atoms with E-state index in [0.717, 1.165) is 11.8 Å². The molecule has 2 aromatic carbocycles. The zero-order valence-electron chi connectivity index (χ0n) is 16.4. The molecule has 0 N–H and O–H groups in total. The van der Waals surface area contributed by atoms with Crippen LogP contribution in [0.2, 0.25) is 0 Å². The first-order chi connectivity index (χ1) is 13.3. The fourth-order valence-corrected chi connectivity index (χ4v) is 3.98. The summed E-state index contributed by atoms with van der Waals surface area (Å²) in [7, 11) is 0. The molecule has 0 amide bonds. The van der Waals surface area contributed by atoms with E-state index >= 15 is 0 Å². The first-order valence-corrected chi connectivity index (χ1v) is 10.1. The monoisotopic (exact) mass is 358 g/mol. The largest absolute Gasteiger partial charge is 0.376 e. The summed E-state index contributed by atoms with van der Waals surface area (Å²) in [6.45, 7) is 3.37. The molecule has 27 heavy (non-hydrogen) atoms. The van der Waals surface area contributed by atoms with Crippen LogP contribution in [0.1, 0.15) is 56.1 Å². The van der Waals surface area contributed by atoms with E-state index in [0.29, 0.717) is 19.6 Å². The molecule has 0 bridgehead atoms. The van der Waals surface area contributed by atoms with Gasteiger partial charge in [-0.05, 0) is 66.7 Å². The number of allylic oxidation sites excluding steroid dienone is 2. The van der Waals surface area contributed by atoms with Crippen LogP contribution in [-0.4, -0.2) is 6.61 Å². The van der Waals surface area contributed by atoms with E-state index in [1.165, 1.54) is 47.9 Å². The average Bonchev–Trinajstić information content (AvgIpc) is 2.73. The minimum atomic E-state index is 0.621. The van der Waals surface area contributed by atoms with Gasteiger partial charge < -0.3 is 4.74 Å². The van der Waals surface area contributed by atoms with E-state index in [4.69, 9.17) is 11.2 Å². The van der Waals surface area contributed by atoms with Gasteiger partial charge in [-0.2, -0.15) is 0 Å². The molecule has 0 saturated heterocycles. The first kappa shape index (κ1) is 19.5. The molecule has 0 aromatic heterocycles. The number of hydrogen-bond donors (Lipinski definition) is 0. The average molecular weight is 359 g/mol. The van der Waals surface area contributed by atoms with Crippen molar-refractivity contribution in [3.63, 3.8) is 0 Å². The van der Waals surface area contributed by atoms with Gasteiger partial charge >= 0.3 is 0 Å². The summed E-state index contributed by atoms with van der Waals surface area (Å²) in [5, 5.41) is 0. The summed E-state index contributed by atoms with van der Waals surface area (Å²) in [5.41, 5.74) is 5.22. The van der Waals surface area contributed by atoms with Gasteiger partial charge in [0.1, 0.15) is 0 Å². The zero-order valence-corrected chi connectivity index (χ0v) is 16.4. The van der Waals surface area contributed by atoms with Crippen molar-refractivity contribution in [3.8, 4) is 23.5 Å². The van der Waals surface area contributed by atoms with Gasteiger partial charge in [0.15, 0.2) is 0 Å². The van der Waals surface area contributed by atoms with Crippen LogP contribution in [0, 0.1) is 18.3 Å². The Balaban J connectivity index is 1.56. The van der Waals surface area contributed by atoms with Crippen LogP contribution in [0.25, 0.3) is 11.1 Å². The van der Waals surface area contributed by atoms with Gasteiger partial charge in [-0.3, -0.25) is 0 Å². The molecule has 0 unspecified atom stereocenters. The van der Waals surface area contributed by atoms with Gasteiger partial charge in [0.05, 0.1) is 13.2 Å². The van der Waals surface area contributed by atoms with Crippen LogP contribution in [0.5, 0.6) is 0 Å². The molecule has 0 radical (unpaired) electrons. The van der Waals surface area contributed by atoms with Crippen LogP contribution in [-0.2, 0) is 11.3 Å². The van der Waals surface area contributed by atoms with E-state index in [1.54, 1.807) is 0 Å². The molecule has 0 heterocycles. The molecule has 1 nitrogen and oxygen atoms in total. The Bertz CT molecular complexity index is 753. The van der Waals surface area contributed by atoms with Gasteiger partial charge in [-0.25, -0.2) is 0 Å². The minimum Gasteiger partial charge on any atom is -0.376 e. The molecule has 3 rings (SSSR count). The third-order valence-electron chi connectivity index (χ3n) is 5.57. The van der Waals surface area contributed by atoms with Crippen molar-refractivity contribution < 1.29 is 4.74 Å². The second-order valence-electron chi connectivity index (χ2n) is 7.46. The highest BCUT2D eigenvalue weighted by atomic mass is 16.5. The van der Waals surface area contributed by atoms with Crippen molar-refractivity contribution in [2.24, 2.45) is 5.92 Å². The number of rotatable bonds is 7. The Kier molecular flexibility index (Phi) is 7.31. The zero-order chi connectivity index (χ0) is 18.9. The predicted octanol–water partition coefficient (Wildman–Crippen LogP) is 6.74. The van der Waals surface area contributed by atoms with Gasteiger partial charge in [-0.1, -0.05) is 60.7 Å². The van der Waals surface area contributed by atoms with Crippen molar-refractivity contribution in [3.05, 3.63) is 71.8 Å². The second-order valence-corrected chi connectivity index (χ2v) is 7.46. The Labute approximate surface area is 164 Å². The SMILES string of the molecule is C#CCCOCc1ccc(-c2ccc(C3CCC(/C=C/C)CC3)cc2)cc1. The molecule has 1 heteroatoms. The van der Waals surface area contributed by atoms with Crippen LogP contribution in [0.4, 0.5) is 0 Å². The highest BCUT2D eigenvalue weighted by molar-refractivity contribution is 5.64. The van der Waals surface area contributed by atoms with Crippen LogP contribution in [0.3, 0.4) is 0 Å². The lowest BCUT2D eigenvalue weighted by Crippen LogP contribution is -2.11. The Morgan fingerprint density at radius 3 is 2.19 bits per heavy atom. The van der Waals surface area contributed by atoms with Crippen molar-refractivity contribution in [1.29, 1.82) is 0 Å². The molecule has 1 fully saturated rings. The highest BCUT2D eigenvalue weighted by Crippen LogP contribution is 2.36. The van der Waals surface area contributed by atoms with Gasteiger partial charge in [0.2, 0.25) is 0 Å². The van der Waals surface area contributed by atoms with Crippen molar-refractivity contribution in [1.82, 2.24) is 0 Å². The lowest BCUT2D eigenvalue weighted by molar-refractivity contribution is 0.126. The standard InChI is InChI=1S/C26H30O/c1-3-5-19-27-20-22-9-13-24(14-10-22)26-17-15-25(16-18-26)23-11-7-21(6-4-2)8-12-23/h1,4,6,9-10,13-18,21,23H,5,7-8,11-12,19-20H2,2H3/b6-4+. The lowest BCUT2D eigenvalue weighted by atomic mass is 9.78. The van der Waals surface area contributed by atoms with Crippen LogP contribution >= 0.6 is 0 Å². The molecule has 0 aliphatic heterocycles. The van der Waals surface area contributed by atoms with E-state index in [1.807, 2.05) is 0 Å². The highest BCUT2D eigenvalue weighted by Gasteiger charge is 2.20. The smallest absolute Gasteiger partial charge is 0.0717 e. The van der Waals surface area contributed by atoms with Crippen molar-refractivity contribution >= 4 is 0 Å². The molecule has 1 aliphatic carbocycles. The van der Waals surface area contributed by atoms with E-state index in [9.17, 15) is 0 Å². The Morgan fingerprint density at radius 2 is 1.59 bits per heavy atom. The molecular formula is C26H30O. The molecule has 1 saturated carbocycles. The maximum absolute atomic E-state index is 5.56. The molecule has 140 valence electrons. The summed E-state index contributed by atoms with van der Waals surface area (Å²) < 4.78 is 5.56. The first-order valence-electron chi connectivity index (χ1n) is 10.1. The number of terminal acetylenes is 1. The third kappa shape index (κ3) is 5.59. The van der Waals surface area contributed by atoms with Crippen LogP contribution in [0.15, 0.2) is 60.7 Å². The Hall–Kier alpha value is -2.30. The Morgan fingerprint density at radius 1 is 0.963 bits per heavy atom. The van der Waals surface area contributed by atoms with Gasteiger partial charge in [0, 0.05) is 6.42 Å². The van der Waals surface area contributed by atoms with Crippen molar-refractivity contribution in [2.75, 3.05) is 6.61 Å². The van der Waals surface area contributed by atoms with E-state index in [2.05, 4.69) is 73.5 Å². The molecular weight excluding hydrogens is 328 g/mol. The predicted molar refractivity (Wildman–Crippen MR) is 114 cm³/mol. The number of benzene rings is 2. The van der Waals surface area contributed by atoms with Crippen molar-refractivity contribution in [2.45, 2.75) is 51.6 Å². The molecule has 0 atom stereocenters.